The first-order chi connectivity index (χ1) is 19.4. The number of Topliss-reactive ketones (excluding diaryl/α,β-unsaturated/α-hetero) is 1. The second kappa shape index (κ2) is 10.2. The van der Waals surface area contributed by atoms with Crippen molar-refractivity contribution < 1.29 is 28.9 Å². The Morgan fingerprint density at radius 1 is 1.18 bits per heavy atom. The molecule has 0 aliphatic carbocycles. The van der Waals surface area contributed by atoms with Crippen molar-refractivity contribution >= 4 is 44.1 Å². The number of nitrogens with zero attached hydrogens (tertiary/aromatic N) is 2. The largest absolute Gasteiger partial charge is 0.507 e. The van der Waals surface area contributed by atoms with Gasteiger partial charge in [-0.2, -0.15) is 0 Å². The maximum atomic E-state index is 13.6. The molecule has 2 aliphatic rings. The van der Waals surface area contributed by atoms with E-state index in [1.807, 2.05) is 19.1 Å². The van der Waals surface area contributed by atoms with Crippen molar-refractivity contribution in [3.8, 4) is 17.2 Å². The zero-order valence-electron chi connectivity index (χ0n) is 21.9. The first-order valence-corrected chi connectivity index (χ1v) is 13.6. The maximum absolute atomic E-state index is 13.6. The molecule has 2 aliphatic heterocycles. The number of methoxy groups -OCH3 is 1. The Hall–Kier alpha value is -4.63. The highest BCUT2D eigenvalue weighted by Crippen LogP contribution is 2.45. The number of hydrogen-bond donors (Lipinski definition) is 1. The maximum Gasteiger partial charge on any atom is 0.301 e. The van der Waals surface area contributed by atoms with E-state index in [0.717, 1.165) is 16.0 Å². The summed E-state index contributed by atoms with van der Waals surface area (Å²) in [5.41, 5.74) is 2.61. The van der Waals surface area contributed by atoms with Crippen LogP contribution in [0, 0.1) is 0 Å². The van der Waals surface area contributed by atoms with Crippen LogP contribution in [0.15, 0.2) is 78.9 Å². The van der Waals surface area contributed by atoms with Crippen molar-refractivity contribution in [2.45, 2.75) is 25.5 Å². The minimum absolute atomic E-state index is 0.0189. The molecule has 1 N–H and O–H groups in total. The molecule has 202 valence electrons. The number of thiazole rings is 1. The van der Waals surface area contributed by atoms with Crippen molar-refractivity contribution in [1.29, 1.82) is 0 Å². The fraction of sp³-hybridized carbons (Fsp3) is 0.194. The summed E-state index contributed by atoms with van der Waals surface area (Å²) in [7, 11) is 1.58. The molecular weight excluding hydrogens is 528 g/mol. The first kappa shape index (κ1) is 25.6. The molecule has 2 unspecified atom stereocenters. The van der Waals surface area contributed by atoms with Crippen LogP contribution in [0.1, 0.15) is 29.7 Å². The Balaban J connectivity index is 1.52. The van der Waals surface area contributed by atoms with Crippen LogP contribution < -0.4 is 19.1 Å². The van der Waals surface area contributed by atoms with Crippen LogP contribution in [-0.2, 0) is 16.0 Å². The van der Waals surface area contributed by atoms with Gasteiger partial charge in [0.15, 0.2) is 5.13 Å². The number of benzene rings is 3. The van der Waals surface area contributed by atoms with E-state index in [1.54, 1.807) is 61.7 Å². The van der Waals surface area contributed by atoms with Crippen LogP contribution in [-0.4, -0.2) is 41.6 Å². The molecule has 0 radical (unpaired) electrons. The van der Waals surface area contributed by atoms with Gasteiger partial charge >= 0.3 is 5.91 Å². The number of aromatic nitrogens is 1. The molecule has 3 aromatic carbocycles. The first-order valence-electron chi connectivity index (χ1n) is 12.8. The van der Waals surface area contributed by atoms with Gasteiger partial charge in [-0.3, -0.25) is 14.5 Å². The summed E-state index contributed by atoms with van der Waals surface area (Å²) in [6, 6.07) is 16.9. The minimum atomic E-state index is -0.932. The summed E-state index contributed by atoms with van der Waals surface area (Å²) in [6.45, 7) is 5.95. The Morgan fingerprint density at radius 3 is 2.83 bits per heavy atom. The fourth-order valence-corrected chi connectivity index (χ4v) is 6.14. The Labute approximate surface area is 234 Å². The number of carbonyl (C=O) groups is 2. The number of aliphatic hydroxyl groups is 1. The fourth-order valence-electron chi connectivity index (χ4n) is 5.12. The van der Waals surface area contributed by atoms with E-state index in [0.29, 0.717) is 46.3 Å². The summed E-state index contributed by atoms with van der Waals surface area (Å²) < 4.78 is 17.7. The molecule has 2 atom stereocenters. The SMILES string of the molecule is C=CCOc1cccc(C2/C(=C(/O)c3ccc4c(c3)CC(C)O4)C(=O)C(=O)N2c2nc3ccc(OC)cc3s2)c1. The number of amides is 1. The van der Waals surface area contributed by atoms with E-state index in [-0.39, 0.29) is 17.4 Å². The molecule has 0 bridgehead atoms. The van der Waals surface area contributed by atoms with Crippen molar-refractivity contribution in [2.24, 2.45) is 0 Å². The van der Waals surface area contributed by atoms with Gasteiger partial charge in [0.1, 0.15) is 35.7 Å². The van der Waals surface area contributed by atoms with Crippen molar-refractivity contribution in [3.63, 3.8) is 0 Å². The van der Waals surface area contributed by atoms with Crippen LogP contribution >= 0.6 is 11.3 Å². The quantitative estimate of drug-likeness (QED) is 0.133. The predicted octanol–water partition coefficient (Wildman–Crippen LogP) is 5.82. The molecule has 8 nitrogen and oxygen atoms in total. The summed E-state index contributed by atoms with van der Waals surface area (Å²) >= 11 is 1.27. The number of hydrogen-bond acceptors (Lipinski definition) is 8. The van der Waals surface area contributed by atoms with Crippen LogP contribution in [0.4, 0.5) is 5.13 Å². The van der Waals surface area contributed by atoms with Crippen molar-refractivity contribution in [3.05, 3.63) is 95.6 Å². The van der Waals surface area contributed by atoms with Crippen molar-refractivity contribution in [2.75, 3.05) is 18.6 Å². The number of rotatable bonds is 7. The van der Waals surface area contributed by atoms with Crippen molar-refractivity contribution in [1.82, 2.24) is 4.98 Å². The van der Waals surface area contributed by atoms with E-state index >= 15 is 0 Å². The molecule has 6 rings (SSSR count). The van der Waals surface area contributed by atoms with E-state index in [4.69, 9.17) is 14.2 Å². The van der Waals surface area contributed by atoms with Gasteiger partial charge in [0.2, 0.25) is 0 Å². The normalized spacial score (nSPS) is 19.5. The molecule has 0 saturated carbocycles. The van der Waals surface area contributed by atoms with E-state index < -0.39 is 17.7 Å². The van der Waals surface area contributed by atoms with Crippen LogP contribution in [0.5, 0.6) is 17.2 Å². The molecule has 1 saturated heterocycles. The third-order valence-electron chi connectivity index (χ3n) is 6.95. The van der Waals surface area contributed by atoms with Gasteiger partial charge in [-0.25, -0.2) is 4.98 Å². The molecule has 0 spiro atoms. The van der Waals surface area contributed by atoms with Crippen LogP contribution in [0.2, 0.25) is 0 Å². The molecule has 4 aromatic rings. The standard InChI is InChI=1S/C31H26N2O6S/c1-4-12-38-22-7-5-6-18(15-22)27-26(28(34)19-8-11-24-20(14-19)13-17(2)39-24)29(35)30(36)33(27)31-32-23-10-9-21(37-3)16-25(23)40-31/h4-11,14-17,27,34H,1,12-13H2,2-3H3/b28-26-. The number of fused-ring (bicyclic) bond motifs is 2. The second-order valence-corrected chi connectivity index (χ2v) is 10.6. The highest BCUT2D eigenvalue weighted by molar-refractivity contribution is 7.22. The van der Waals surface area contributed by atoms with Gasteiger partial charge in [-0.15, -0.1) is 0 Å². The monoisotopic (exact) mass is 554 g/mol. The topological polar surface area (TPSA) is 98.2 Å². The zero-order valence-corrected chi connectivity index (χ0v) is 22.7. The van der Waals surface area contributed by atoms with Gasteiger partial charge in [0, 0.05) is 12.0 Å². The average Bonchev–Trinajstić information content (AvgIpc) is 3.63. The lowest BCUT2D eigenvalue weighted by Gasteiger charge is -2.23. The lowest BCUT2D eigenvalue weighted by atomic mass is 9.94. The number of ketones is 1. The van der Waals surface area contributed by atoms with Crippen LogP contribution in [0.3, 0.4) is 0 Å². The number of anilines is 1. The third kappa shape index (κ3) is 4.38. The molecule has 3 heterocycles. The van der Waals surface area contributed by atoms with Gasteiger partial charge in [-0.05, 0) is 66.6 Å². The number of carbonyl (C=O) groups excluding carboxylic acids is 2. The Morgan fingerprint density at radius 2 is 2.02 bits per heavy atom. The molecule has 1 amide bonds. The molecular formula is C31H26N2O6S. The molecule has 1 aromatic heterocycles. The number of aliphatic hydroxyl groups excluding tert-OH is 1. The number of ether oxygens (including phenoxy) is 3. The van der Waals surface area contributed by atoms with Gasteiger partial charge in [0.05, 0.1) is 28.9 Å². The molecule has 9 heteroatoms. The predicted molar refractivity (Wildman–Crippen MR) is 153 cm³/mol. The average molecular weight is 555 g/mol. The summed E-state index contributed by atoms with van der Waals surface area (Å²) in [4.78, 5) is 33.3. The lowest BCUT2D eigenvalue weighted by Crippen LogP contribution is -2.29. The Kier molecular flexibility index (Phi) is 6.51. The van der Waals surface area contributed by atoms with E-state index in [1.165, 1.54) is 16.2 Å². The van der Waals surface area contributed by atoms with Crippen LogP contribution in [0.25, 0.3) is 16.0 Å². The van der Waals surface area contributed by atoms with Gasteiger partial charge in [0.25, 0.3) is 5.78 Å². The molecule has 1 fully saturated rings. The van der Waals surface area contributed by atoms with E-state index in [2.05, 4.69) is 11.6 Å². The smallest absolute Gasteiger partial charge is 0.301 e. The third-order valence-corrected chi connectivity index (χ3v) is 7.96. The minimum Gasteiger partial charge on any atom is -0.507 e. The Bertz CT molecular complexity index is 1710. The van der Waals surface area contributed by atoms with Gasteiger partial charge < -0.3 is 19.3 Å². The zero-order chi connectivity index (χ0) is 28.0. The molecule has 40 heavy (non-hydrogen) atoms. The second-order valence-electron chi connectivity index (χ2n) is 9.63. The summed E-state index contributed by atoms with van der Waals surface area (Å²) in [5, 5.41) is 11.9. The summed E-state index contributed by atoms with van der Waals surface area (Å²) in [5.74, 6) is 0.130. The van der Waals surface area contributed by atoms with E-state index in [9.17, 15) is 14.7 Å². The van der Waals surface area contributed by atoms with Gasteiger partial charge in [-0.1, -0.05) is 36.1 Å². The lowest BCUT2D eigenvalue weighted by molar-refractivity contribution is -0.132. The summed E-state index contributed by atoms with van der Waals surface area (Å²) in [6.07, 6.45) is 2.34. The highest BCUT2D eigenvalue weighted by Gasteiger charge is 2.48. The highest BCUT2D eigenvalue weighted by atomic mass is 32.1.